The van der Waals surface area contributed by atoms with Gasteiger partial charge in [0.2, 0.25) is 0 Å². The highest BCUT2D eigenvalue weighted by Crippen LogP contribution is 2.15. The number of nitrogens with one attached hydrogen (secondary N) is 1. The van der Waals surface area contributed by atoms with Crippen LogP contribution in [0.4, 0.5) is 0 Å². The minimum Gasteiger partial charge on any atom is -0.313 e. The van der Waals surface area contributed by atoms with Crippen LogP contribution in [-0.4, -0.2) is 6.54 Å². The lowest BCUT2D eigenvalue weighted by Crippen LogP contribution is -2.15. The van der Waals surface area contributed by atoms with Crippen LogP contribution in [0.1, 0.15) is 44.2 Å². The Kier molecular flexibility index (Phi) is 6.61. The van der Waals surface area contributed by atoms with E-state index >= 15 is 0 Å². The van der Waals surface area contributed by atoms with Crippen LogP contribution < -0.4 is 5.32 Å². The van der Waals surface area contributed by atoms with Gasteiger partial charge in [0.05, 0.1) is 0 Å². The molecule has 0 aliphatic rings. The number of hydrogen-bond donors (Lipinski definition) is 1. The van der Waals surface area contributed by atoms with Gasteiger partial charge in [0.15, 0.2) is 0 Å². The fourth-order valence-electron chi connectivity index (χ4n) is 1.88. The molecule has 0 radical (unpaired) electrons. The summed E-state index contributed by atoms with van der Waals surface area (Å²) < 4.78 is 0. The minimum atomic E-state index is 0.822. The van der Waals surface area contributed by atoms with Crippen molar-refractivity contribution in [1.82, 2.24) is 5.32 Å². The van der Waals surface area contributed by atoms with E-state index in [0.717, 1.165) is 24.0 Å². The van der Waals surface area contributed by atoms with Crippen molar-refractivity contribution in [2.75, 3.05) is 6.54 Å². The molecule has 1 aromatic rings. The van der Waals surface area contributed by atoms with Crippen LogP contribution in [0.25, 0.3) is 0 Å². The van der Waals surface area contributed by atoms with Crippen molar-refractivity contribution < 1.29 is 0 Å². The molecule has 0 heterocycles. The summed E-state index contributed by atoms with van der Waals surface area (Å²) in [6.07, 6.45) is 3.93. The second-order valence-electron chi connectivity index (χ2n) is 5.14. The summed E-state index contributed by atoms with van der Waals surface area (Å²) in [5.41, 5.74) is 2.62. The number of aryl methyl sites for hydroxylation is 1. The lowest BCUT2D eigenvalue weighted by molar-refractivity contribution is 0.520. The van der Waals surface area contributed by atoms with Gasteiger partial charge < -0.3 is 5.32 Å². The van der Waals surface area contributed by atoms with E-state index < -0.39 is 0 Å². The Morgan fingerprint density at radius 1 is 1.24 bits per heavy atom. The molecule has 2 heteroatoms. The van der Waals surface area contributed by atoms with E-state index in [2.05, 4.69) is 32.2 Å². The molecule has 0 fully saturated rings. The molecule has 0 aliphatic heterocycles. The van der Waals surface area contributed by atoms with Gasteiger partial charge in [0, 0.05) is 11.6 Å². The summed E-state index contributed by atoms with van der Waals surface area (Å²) in [6, 6.07) is 6.10. The molecule has 0 bridgehead atoms. The Hall–Kier alpha value is -0.530. The van der Waals surface area contributed by atoms with Crippen LogP contribution >= 0.6 is 11.6 Å². The fraction of sp³-hybridized carbons (Fsp3) is 0.600. The summed E-state index contributed by atoms with van der Waals surface area (Å²) in [6.45, 7) is 8.73. The average Bonchev–Trinajstić information content (AvgIpc) is 2.25. The Balaban J connectivity index is 2.18. The van der Waals surface area contributed by atoms with Crippen LogP contribution in [0.5, 0.6) is 0 Å². The molecular formula is C15H24ClN. The molecule has 0 amide bonds. The standard InChI is InChI=1S/C15H24ClN/c1-12(2)6-4-5-9-17-11-14-7-8-15(16)10-13(14)3/h7-8,10,12,17H,4-6,9,11H2,1-3H3. The lowest BCUT2D eigenvalue weighted by Gasteiger charge is -2.09. The molecule has 1 N–H and O–H groups in total. The Morgan fingerprint density at radius 3 is 2.65 bits per heavy atom. The van der Waals surface area contributed by atoms with E-state index in [1.165, 1.54) is 30.4 Å². The normalized spacial score (nSPS) is 11.1. The van der Waals surface area contributed by atoms with Crippen molar-refractivity contribution in [3.05, 3.63) is 34.3 Å². The van der Waals surface area contributed by atoms with E-state index in [-0.39, 0.29) is 0 Å². The summed E-state index contributed by atoms with van der Waals surface area (Å²) in [7, 11) is 0. The van der Waals surface area contributed by atoms with Gasteiger partial charge in [-0.15, -0.1) is 0 Å². The van der Waals surface area contributed by atoms with Gasteiger partial charge in [-0.1, -0.05) is 44.4 Å². The van der Waals surface area contributed by atoms with Gasteiger partial charge in [0.25, 0.3) is 0 Å². The summed E-state index contributed by atoms with van der Waals surface area (Å²) >= 11 is 5.93. The molecular weight excluding hydrogens is 230 g/mol. The maximum atomic E-state index is 5.93. The van der Waals surface area contributed by atoms with Crippen LogP contribution in [0.15, 0.2) is 18.2 Å². The summed E-state index contributed by atoms with van der Waals surface area (Å²) in [5.74, 6) is 0.827. The van der Waals surface area contributed by atoms with E-state index in [0.29, 0.717) is 0 Å². The topological polar surface area (TPSA) is 12.0 Å². The number of benzene rings is 1. The smallest absolute Gasteiger partial charge is 0.0408 e. The third kappa shape index (κ3) is 6.09. The highest BCUT2D eigenvalue weighted by atomic mass is 35.5. The van der Waals surface area contributed by atoms with Crippen molar-refractivity contribution in [3.63, 3.8) is 0 Å². The van der Waals surface area contributed by atoms with Crippen LogP contribution in [0, 0.1) is 12.8 Å². The third-order valence-electron chi connectivity index (χ3n) is 3.01. The summed E-state index contributed by atoms with van der Waals surface area (Å²) in [4.78, 5) is 0. The van der Waals surface area contributed by atoms with E-state index in [4.69, 9.17) is 11.6 Å². The van der Waals surface area contributed by atoms with Crippen LogP contribution in [-0.2, 0) is 6.54 Å². The Bertz CT molecular complexity index is 334. The maximum absolute atomic E-state index is 5.93. The van der Waals surface area contributed by atoms with Gasteiger partial charge in [-0.2, -0.15) is 0 Å². The van der Waals surface area contributed by atoms with Gasteiger partial charge >= 0.3 is 0 Å². The van der Waals surface area contributed by atoms with Gasteiger partial charge in [0.1, 0.15) is 0 Å². The molecule has 0 saturated heterocycles. The van der Waals surface area contributed by atoms with Gasteiger partial charge in [-0.25, -0.2) is 0 Å². The molecule has 1 nitrogen and oxygen atoms in total. The first kappa shape index (κ1) is 14.5. The SMILES string of the molecule is Cc1cc(Cl)ccc1CNCCCCC(C)C. The number of halogens is 1. The molecule has 0 spiro atoms. The first-order chi connectivity index (χ1) is 8.09. The molecule has 96 valence electrons. The zero-order chi connectivity index (χ0) is 12.7. The summed E-state index contributed by atoms with van der Waals surface area (Å²) in [5, 5.41) is 4.32. The van der Waals surface area contributed by atoms with Gasteiger partial charge in [-0.3, -0.25) is 0 Å². The monoisotopic (exact) mass is 253 g/mol. The first-order valence-corrected chi connectivity index (χ1v) is 6.93. The highest BCUT2D eigenvalue weighted by molar-refractivity contribution is 6.30. The molecule has 0 aliphatic carbocycles. The molecule has 0 saturated carbocycles. The Labute approximate surface area is 111 Å². The lowest BCUT2D eigenvalue weighted by atomic mass is 10.1. The predicted octanol–water partition coefficient (Wildman–Crippen LogP) is 4.56. The van der Waals surface area contributed by atoms with Crippen LogP contribution in [0.2, 0.25) is 5.02 Å². The molecule has 0 aromatic heterocycles. The number of rotatable bonds is 7. The second kappa shape index (κ2) is 7.73. The highest BCUT2D eigenvalue weighted by Gasteiger charge is 1.99. The van der Waals surface area contributed by atoms with Crippen molar-refractivity contribution in [2.45, 2.75) is 46.6 Å². The molecule has 1 aromatic carbocycles. The molecule has 17 heavy (non-hydrogen) atoms. The zero-order valence-electron chi connectivity index (χ0n) is 11.2. The fourth-order valence-corrected chi connectivity index (χ4v) is 2.11. The minimum absolute atomic E-state index is 0.822. The predicted molar refractivity (Wildman–Crippen MR) is 76.6 cm³/mol. The Morgan fingerprint density at radius 2 is 2.00 bits per heavy atom. The number of hydrogen-bond acceptors (Lipinski definition) is 1. The molecule has 0 atom stereocenters. The second-order valence-corrected chi connectivity index (χ2v) is 5.57. The number of unbranched alkanes of at least 4 members (excludes halogenated alkanes) is 1. The molecule has 0 unspecified atom stereocenters. The van der Waals surface area contributed by atoms with Crippen molar-refractivity contribution in [1.29, 1.82) is 0 Å². The zero-order valence-corrected chi connectivity index (χ0v) is 12.0. The average molecular weight is 254 g/mol. The van der Waals surface area contributed by atoms with E-state index in [1.807, 2.05) is 12.1 Å². The third-order valence-corrected chi connectivity index (χ3v) is 3.24. The van der Waals surface area contributed by atoms with Crippen molar-refractivity contribution >= 4 is 11.6 Å². The van der Waals surface area contributed by atoms with E-state index in [9.17, 15) is 0 Å². The molecule has 1 rings (SSSR count). The van der Waals surface area contributed by atoms with Crippen molar-refractivity contribution in [2.24, 2.45) is 5.92 Å². The first-order valence-electron chi connectivity index (χ1n) is 6.55. The van der Waals surface area contributed by atoms with Gasteiger partial charge in [-0.05, 0) is 49.1 Å². The largest absolute Gasteiger partial charge is 0.313 e. The van der Waals surface area contributed by atoms with Crippen molar-refractivity contribution in [3.8, 4) is 0 Å². The van der Waals surface area contributed by atoms with E-state index in [1.54, 1.807) is 0 Å². The quantitative estimate of drug-likeness (QED) is 0.703. The maximum Gasteiger partial charge on any atom is 0.0408 e. The van der Waals surface area contributed by atoms with Crippen LogP contribution in [0.3, 0.4) is 0 Å².